The summed E-state index contributed by atoms with van der Waals surface area (Å²) < 4.78 is 10.7. The summed E-state index contributed by atoms with van der Waals surface area (Å²) in [4.78, 5) is 14.1. The number of hydrogen-bond donors (Lipinski definition) is 0. The molecule has 0 bridgehead atoms. The third-order valence-corrected chi connectivity index (χ3v) is 3.02. The number of para-hydroxylation sites is 1. The zero-order chi connectivity index (χ0) is 14.0. The second-order valence-corrected chi connectivity index (χ2v) is 5.79. The standard InChI is InChI=1S/C15H21NO3/c1-15(2,3)19-14(17)16-12(10-18-4)9-11-7-5-6-8-13(11)16/h5-8,12H,9-10H2,1-4H3/t12-/m1/s1. The highest BCUT2D eigenvalue weighted by Gasteiger charge is 2.36. The van der Waals surface area contributed by atoms with Gasteiger partial charge < -0.3 is 9.47 Å². The van der Waals surface area contributed by atoms with E-state index in [4.69, 9.17) is 9.47 Å². The molecule has 1 heterocycles. The molecule has 0 saturated heterocycles. The van der Waals surface area contributed by atoms with E-state index in [-0.39, 0.29) is 12.1 Å². The third-order valence-electron chi connectivity index (χ3n) is 3.02. The fourth-order valence-electron chi connectivity index (χ4n) is 2.34. The maximum Gasteiger partial charge on any atom is 0.415 e. The Kier molecular flexibility index (Phi) is 3.80. The Labute approximate surface area is 114 Å². The topological polar surface area (TPSA) is 38.8 Å². The predicted molar refractivity (Wildman–Crippen MR) is 74.5 cm³/mol. The van der Waals surface area contributed by atoms with Crippen LogP contribution in [0.1, 0.15) is 26.3 Å². The van der Waals surface area contributed by atoms with Crippen molar-refractivity contribution in [1.29, 1.82) is 0 Å². The first-order chi connectivity index (χ1) is 8.92. The zero-order valence-electron chi connectivity index (χ0n) is 12.0. The van der Waals surface area contributed by atoms with Crippen LogP contribution in [0.15, 0.2) is 24.3 Å². The molecule has 0 radical (unpaired) electrons. The number of rotatable bonds is 2. The van der Waals surface area contributed by atoms with Crippen molar-refractivity contribution in [2.24, 2.45) is 0 Å². The molecular formula is C15H21NO3. The van der Waals surface area contributed by atoms with Crippen molar-refractivity contribution in [2.45, 2.75) is 38.8 Å². The molecule has 19 heavy (non-hydrogen) atoms. The minimum Gasteiger partial charge on any atom is -0.443 e. The van der Waals surface area contributed by atoms with E-state index in [0.717, 1.165) is 17.7 Å². The van der Waals surface area contributed by atoms with Crippen molar-refractivity contribution < 1.29 is 14.3 Å². The molecule has 1 aliphatic rings. The molecule has 0 saturated carbocycles. The first-order valence-corrected chi connectivity index (χ1v) is 6.51. The molecule has 0 N–H and O–H groups in total. The highest BCUT2D eigenvalue weighted by Crippen LogP contribution is 2.33. The van der Waals surface area contributed by atoms with Crippen LogP contribution in [0.2, 0.25) is 0 Å². The Morgan fingerprint density at radius 1 is 1.37 bits per heavy atom. The summed E-state index contributed by atoms with van der Waals surface area (Å²) in [7, 11) is 1.65. The SMILES string of the molecule is COC[C@H]1Cc2ccccc2N1C(=O)OC(C)(C)C. The molecule has 0 aliphatic carbocycles. The number of carbonyl (C=O) groups excluding carboxylic acids is 1. The summed E-state index contributed by atoms with van der Waals surface area (Å²) in [6.45, 7) is 6.13. The van der Waals surface area contributed by atoms with Gasteiger partial charge in [-0.2, -0.15) is 0 Å². The van der Waals surface area contributed by atoms with Gasteiger partial charge in [-0.3, -0.25) is 4.90 Å². The van der Waals surface area contributed by atoms with Crippen LogP contribution in [0.4, 0.5) is 10.5 Å². The van der Waals surface area contributed by atoms with E-state index in [0.29, 0.717) is 6.61 Å². The van der Waals surface area contributed by atoms with Crippen molar-refractivity contribution in [3.63, 3.8) is 0 Å². The molecule has 1 aromatic carbocycles. The lowest BCUT2D eigenvalue weighted by atomic mass is 10.1. The number of amides is 1. The lowest BCUT2D eigenvalue weighted by Crippen LogP contribution is -2.43. The van der Waals surface area contributed by atoms with Crippen molar-refractivity contribution in [3.05, 3.63) is 29.8 Å². The van der Waals surface area contributed by atoms with Crippen molar-refractivity contribution >= 4 is 11.8 Å². The largest absolute Gasteiger partial charge is 0.443 e. The molecule has 0 unspecified atom stereocenters. The highest BCUT2D eigenvalue weighted by atomic mass is 16.6. The summed E-state index contributed by atoms with van der Waals surface area (Å²) in [5, 5.41) is 0. The highest BCUT2D eigenvalue weighted by molar-refractivity contribution is 5.91. The Balaban J connectivity index is 2.26. The molecule has 4 heteroatoms. The van der Waals surface area contributed by atoms with Crippen molar-refractivity contribution in [3.8, 4) is 0 Å². The predicted octanol–water partition coefficient (Wildman–Crippen LogP) is 3.00. The Bertz CT molecular complexity index is 465. The smallest absolute Gasteiger partial charge is 0.415 e. The normalized spacial score (nSPS) is 18.3. The maximum atomic E-state index is 12.4. The van der Waals surface area contributed by atoms with E-state index in [1.807, 2.05) is 45.0 Å². The number of carbonyl (C=O) groups is 1. The van der Waals surface area contributed by atoms with Gasteiger partial charge in [-0.25, -0.2) is 4.79 Å². The number of methoxy groups -OCH3 is 1. The quantitative estimate of drug-likeness (QED) is 0.823. The van der Waals surface area contributed by atoms with Gasteiger partial charge in [0.1, 0.15) is 5.60 Å². The van der Waals surface area contributed by atoms with Gasteiger partial charge in [0.25, 0.3) is 0 Å². The molecule has 1 aromatic rings. The van der Waals surface area contributed by atoms with E-state index in [1.165, 1.54) is 0 Å². The number of anilines is 1. The fourth-order valence-corrected chi connectivity index (χ4v) is 2.34. The number of fused-ring (bicyclic) bond motifs is 1. The van der Waals surface area contributed by atoms with E-state index in [1.54, 1.807) is 12.0 Å². The van der Waals surface area contributed by atoms with Crippen LogP contribution in [0.5, 0.6) is 0 Å². The van der Waals surface area contributed by atoms with Gasteiger partial charge in [-0.15, -0.1) is 0 Å². The van der Waals surface area contributed by atoms with Crippen LogP contribution in [0, 0.1) is 0 Å². The van der Waals surface area contributed by atoms with Crippen LogP contribution < -0.4 is 4.90 Å². The average Bonchev–Trinajstić information content (AvgIpc) is 2.65. The zero-order valence-corrected chi connectivity index (χ0v) is 12.0. The molecule has 1 amide bonds. The summed E-state index contributed by atoms with van der Waals surface area (Å²) >= 11 is 0. The minimum absolute atomic E-state index is 0.0113. The Hall–Kier alpha value is -1.55. The van der Waals surface area contributed by atoms with Gasteiger partial charge in [0, 0.05) is 7.11 Å². The lowest BCUT2D eigenvalue weighted by molar-refractivity contribution is 0.0548. The number of benzene rings is 1. The molecular weight excluding hydrogens is 242 g/mol. The van der Waals surface area contributed by atoms with Crippen LogP contribution >= 0.6 is 0 Å². The molecule has 1 atom stereocenters. The molecule has 0 spiro atoms. The molecule has 0 aromatic heterocycles. The Morgan fingerprint density at radius 3 is 2.68 bits per heavy atom. The maximum absolute atomic E-state index is 12.4. The fraction of sp³-hybridized carbons (Fsp3) is 0.533. The van der Waals surface area contributed by atoms with Crippen molar-refractivity contribution in [2.75, 3.05) is 18.6 Å². The molecule has 104 valence electrons. The summed E-state index contributed by atoms with van der Waals surface area (Å²) in [6.07, 6.45) is 0.503. The van der Waals surface area contributed by atoms with Crippen LogP contribution in [0.25, 0.3) is 0 Å². The van der Waals surface area contributed by atoms with Gasteiger partial charge in [-0.1, -0.05) is 18.2 Å². The van der Waals surface area contributed by atoms with E-state index >= 15 is 0 Å². The van der Waals surface area contributed by atoms with Gasteiger partial charge in [0.15, 0.2) is 0 Å². The number of hydrogen-bond acceptors (Lipinski definition) is 3. The first-order valence-electron chi connectivity index (χ1n) is 6.51. The van der Waals surface area contributed by atoms with Gasteiger partial charge in [-0.05, 0) is 38.8 Å². The second-order valence-electron chi connectivity index (χ2n) is 5.79. The lowest BCUT2D eigenvalue weighted by Gasteiger charge is -2.28. The minimum atomic E-state index is -0.494. The molecule has 4 nitrogen and oxygen atoms in total. The summed E-state index contributed by atoms with van der Waals surface area (Å²) in [5.74, 6) is 0. The van der Waals surface area contributed by atoms with Gasteiger partial charge in [0.2, 0.25) is 0 Å². The summed E-state index contributed by atoms with van der Waals surface area (Å²) in [5.41, 5.74) is 1.60. The molecule has 1 aliphatic heterocycles. The molecule has 2 rings (SSSR count). The Morgan fingerprint density at radius 2 is 2.05 bits per heavy atom. The van der Waals surface area contributed by atoms with Crippen molar-refractivity contribution in [1.82, 2.24) is 0 Å². The number of ether oxygens (including phenoxy) is 2. The average molecular weight is 263 g/mol. The first kappa shape index (κ1) is 13.9. The second kappa shape index (κ2) is 5.21. The van der Waals surface area contributed by atoms with Crippen LogP contribution in [0.3, 0.4) is 0 Å². The van der Waals surface area contributed by atoms with E-state index < -0.39 is 5.60 Å². The monoisotopic (exact) mass is 263 g/mol. The van der Waals surface area contributed by atoms with E-state index in [2.05, 4.69) is 0 Å². The summed E-state index contributed by atoms with van der Waals surface area (Å²) in [6, 6.07) is 7.93. The van der Waals surface area contributed by atoms with Gasteiger partial charge >= 0.3 is 6.09 Å². The van der Waals surface area contributed by atoms with E-state index in [9.17, 15) is 4.79 Å². The third kappa shape index (κ3) is 3.07. The molecule has 0 fully saturated rings. The van der Waals surface area contributed by atoms with Crippen LogP contribution in [-0.2, 0) is 15.9 Å². The number of nitrogens with zero attached hydrogens (tertiary/aromatic N) is 1. The van der Waals surface area contributed by atoms with Crippen LogP contribution in [-0.4, -0.2) is 31.5 Å². The van der Waals surface area contributed by atoms with Gasteiger partial charge in [0.05, 0.1) is 18.3 Å².